The number of hydrogen-bond acceptors (Lipinski definition) is 6. The molecule has 1 unspecified atom stereocenters. The van der Waals surface area contributed by atoms with Gasteiger partial charge in [-0.25, -0.2) is 0 Å². The molecule has 2 N–H and O–H groups in total. The zero-order valence-electron chi connectivity index (χ0n) is 17.6. The average molecular weight is 378 g/mol. The summed E-state index contributed by atoms with van der Waals surface area (Å²) in [4.78, 5) is 0. The minimum Gasteiger partial charge on any atom is -0.379 e. The molecular formula is C20H43NO5. The van der Waals surface area contributed by atoms with Crippen molar-refractivity contribution in [3.8, 4) is 0 Å². The Labute approximate surface area is 161 Å². The summed E-state index contributed by atoms with van der Waals surface area (Å²) in [5.41, 5.74) is 5.63. The van der Waals surface area contributed by atoms with Crippen LogP contribution in [0.15, 0.2) is 0 Å². The van der Waals surface area contributed by atoms with Crippen LogP contribution < -0.4 is 5.73 Å². The van der Waals surface area contributed by atoms with Crippen LogP contribution in [0.3, 0.4) is 0 Å². The van der Waals surface area contributed by atoms with Crippen molar-refractivity contribution < 1.29 is 23.7 Å². The second kappa shape index (κ2) is 18.1. The number of ether oxygens (including phenoxy) is 5. The van der Waals surface area contributed by atoms with E-state index in [0.29, 0.717) is 19.3 Å². The Kier molecular flexibility index (Phi) is 18.0. The molecule has 0 saturated carbocycles. The van der Waals surface area contributed by atoms with Crippen LogP contribution in [-0.2, 0) is 23.7 Å². The Morgan fingerprint density at radius 1 is 0.769 bits per heavy atom. The van der Waals surface area contributed by atoms with Crippen LogP contribution in [0.5, 0.6) is 0 Å². The number of unbranched alkanes of at least 4 members (excludes halogenated alkanes) is 5. The molecule has 0 aliphatic heterocycles. The first-order valence-corrected chi connectivity index (χ1v) is 10.2. The summed E-state index contributed by atoms with van der Waals surface area (Å²) in [6.45, 7) is 4.85. The Balaban J connectivity index is 3.72. The lowest BCUT2D eigenvalue weighted by Gasteiger charge is -2.28. The van der Waals surface area contributed by atoms with Gasteiger partial charge in [0.2, 0.25) is 0 Å². The molecule has 0 aromatic carbocycles. The minimum atomic E-state index is -0.880. The third-order valence-corrected chi connectivity index (χ3v) is 4.71. The van der Waals surface area contributed by atoms with Crippen LogP contribution >= 0.6 is 0 Å². The normalized spacial score (nSPS) is 13.3. The average Bonchev–Trinajstić information content (AvgIpc) is 2.68. The summed E-state index contributed by atoms with van der Waals surface area (Å²) in [5, 5.41) is 0. The molecule has 158 valence electrons. The first-order valence-electron chi connectivity index (χ1n) is 10.2. The Hall–Kier alpha value is -0.240. The van der Waals surface area contributed by atoms with E-state index in [1.807, 2.05) is 6.92 Å². The SMILES string of the molecule is CCOCCOC(CCCN)CCCCCCCCC(OC)(OC)OC. The van der Waals surface area contributed by atoms with Crippen LogP contribution in [0.25, 0.3) is 0 Å². The maximum absolute atomic E-state index is 5.94. The maximum Gasteiger partial charge on any atom is 0.282 e. The van der Waals surface area contributed by atoms with E-state index in [0.717, 1.165) is 45.3 Å². The lowest BCUT2D eigenvalue weighted by Crippen LogP contribution is -2.35. The topological polar surface area (TPSA) is 72.2 Å². The fraction of sp³-hybridized carbons (Fsp3) is 1.00. The fourth-order valence-corrected chi connectivity index (χ4v) is 3.05. The standard InChI is InChI=1S/C20H43NO5/c1-5-25-17-18-26-19(14-12-16-21)13-10-8-6-7-9-11-15-20(22-2,23-3)24-4/h19H,5-18,21H2,1-4H3. The van der Waals surface area contributed by atoms with Crippen LogP contribution in [0.4, 0.5) is 0 Å². The number of rotatable bonds is 20. The number of methoxy groups -OCH3 is 3. The molecule has 0 fully saturated rings. The Morgan fingerprint density at radius 2 is 1.35 bits per heavy atom. The van der Waals surface area contributed by atoms with Crippen molar-refractivity contribution in [3.05, 3.63) is 0 Å². The molecule has 0 radical (unpaired) electrons. The molecule has 0 amide bonds. The molecule has 0 saturated heterocycles. The van der Waals surface area contributed by atoms with Crippen molar-refractivity contribution in [2.75, 3.05) is 47.7 Å². The van der Waals surface area contributed by atoms with Gasteiger partial charge in [-0.15, -0.1) is 0 Å². The van der Waals surface area contributed by atoms with Gasteiger partial charge in [-0.3, -0.25) is 0 Å². The van der Waals surface area contributed by atoms with E-state index in [-0.39, 0.29) is 0 Å². The summed E-state index contributed by atoms with van der Waals surface area (Å²) in [6, 6.07) is 0. The quantitative estimate of drug-likeness (QED) is 0.257. The van der Waals surface area contributed by atoms with Crippen LogP contribution in [0.2, 0.25) is 0 Å². The summed E-state index contributed by atoms with van der Waals surface area (Å²) in [6.07, 6.45) is 11.4. The van der Waals surface area contributed by atoms with Gasteiger partial charge in [-0.2, -0.15) is 0 Å². The molecule has 26 heavy (non-hydrogen) atoms. The largest absolute Gasteiger partial charge is 0.379 e. The third-order valence-electron chi connectivity index (χ3n) is 4.71. The smallest absolute Gasteiger partial charge is 0.282 e. The van der Waals surface area contributed by atoms with E-state index in [9.17, 15) is 0 Å². The molecular weight excluding hydrogens is 334 g/mol. The summed E-state index contributed by atoms with van der Waals surface area (Å²) >= 11 is 0. The molecule has 0 aliphatic rings. The Bertz CT molecular complexity index is 279. The monoisotopic (exact) mass is 377 g/mol. The van der Waals surface area contributed by atoms with Gasteiger partial charge in [0.25, 0.3) is 5.97 Å². The van der Waals surface area contributed by atoms with E-state index < -0.39 is 5.97 Å². The second-order valence-corrected chi connectivity index (χ2v) is 6.58. The molecule has 0 aromatic rings. The van der Waals surface area contributed by atoms with Gasteiger partial charge in [0.15, 0.2) is 0 Å². The molecule has 0 spiro atoms. The zero-order valence-corrected chi connectivity index (χ0v) is 17.6. The highest BCUT2D eigenvalue weighted by molar-refractivity contribution is 4.61. The van der Waals surface area contributed by atoms with Crippen LogP contribution in [0.1, 0.15) is 71.1 Å². The van der Waals surface area contributed by atoms with Gasteiger partial charge < -0.3 is 29.4 Å². The van der Waals surface area contributed by atoms with Crippen molar-refractivity contribution in [1.29, 1.82) is 0 Å². The highest BCUT2D eigenvalue weighted by atomic mass is 16.9. The molecule has 0 aromatic heterocycles. The minimum absolute atomic E-state index is 0.324. The predicted molar refractivity (Wildman–Crippen MR) is 105 cm³/mol. The van der Waals surface area contributed by atoms with Gasteiger partial charge in [-0.05, 0) is 39.2 Å². The molecule has 0 rings (SSSR count). The van der Waals surface area contributed by atoms with Gasteiger partial charge in [0.05, 0.1) is 19.3 Å². The van der Waals surface area contributed by atoms with Crippen molar-refractivity contribution >= 4 is 0 Å². The number of hydrogen-bond donors (Lipinski definition) is 1. The van der Waals surface area contributed by atoms with Crippen molar-refractivity contribution in [1.82, 2.24) is 0 Å². The highest BCUT2D eigenvalue weighted by Gasteiger charge is 2.28. The van der Waals surface area contributed by atoms with E-state index in [2.05, 4.69) is 0 Å². The first kappa shape index (κ1) is 25.8. The molecule has 0 heterocycles. The van der Waals surface area contributed by atoms with E-state index in [1.54, 1.807) is 21.3 Å². The molecule has 6 heteroatoms. The van der Waals surface area contributed by atoms with E-state index in [1.165, 1.54) is 32.1 Å². The van der Waals surface area contributed by atoms with Crippen molar-refractivity contribution in [2.45, 2.75) is 83.2 Å². The summed E-state index contributed by atoms with van der Waals surface area (Å²) in [5.74, 6) is -0.880. The molecule has 1 atom stereocenters. The lowest BCUT2D eigenvalue weighted by molar-refractivity contribution is -0.355. The predicted octanol–water partition coefficient (Wildman–Crippen LogP) is 3.86. The van der Waals surface area contributed by atoms with Crippen molar-refractivity contribution in [3.63, 3.8) is 0 Å². The van der Waals surface area contributed by atoms with Gasteiger partial charge in [0, 0.05) is 34.4 Å². The van der Waals surface area contributed by atoms with Crippen LogP contribution in [0, 0.1) is 0 Å². The second-order valence-electron chi connectivity index (χ2n) is 6.58. The number of nitrogens with two attached hydrogens (primary N) is 1. The fourth-order valence-electron chi connectivity index (χ4n) is 3.05. The molecule has 6 nitrogen and oxygen atoms in total. The van der Waals surface area contributed by atoms with Crippen LogP contribution in [-0.4, -0.2) is 59.8 Å². The first-order chi connectivity index (χ1) is 12.7. The van der Waals surface area contributed by atoms with Gasteiger partial charge >= 0.3 is 0 Å². The van der Waals surface area contributed by atoms with Gasteiger partial charge in [-0.1, -0.05) is 32.1 Å². The maximum atomic E-state index is 5.94. The highest BCUT2D eigenvalue weighted by Crippen LogP contribution is 2.21. The molecule has 0 aliphatic carbocycles. The third kappa shape index (κ3) is 13.0. The van der Waals surface area contributed by atoms with E-state index in [4.69, 9.17) is 29.4 Å². The van der Waals surface area contributed by atoms with Gasteiger partial charge in [0.1, 0.15) is 0 Å². The lowest BCUT2D eigenvalue weighted by atomic mass is 10.0. The summed E-state index contributed by atoms with van der Waals surface area (Å²) in [7, 11) is 4.85. The van der Waals surface area contributed by atoms with E-state index >= 15 is 0 Å². The zero-order chi connectivity index (χ0) is 19.5. The Morgan fingerprint density at radius 3 is 1.92 bits per heavy atom. The summed E-state index contributed by atoms with van der Waals surface area (Å²) < 4.78 is 27.2. The molecule has 0 bridgehead atoms. The van der Waals surface area contributed by atoms with Crippen molar-refractivity contribution in [2.24, 2.45) is 5.73 Å².